The molecule has 0 fully saturated rings. The molecule has 5 heteroatoms. The average molecular weight is 263 g/mol. The van der Waals surface area contributed by atoms with E-state index in [0.29, 0.717) is 10.6 Å². The summed E-state index contributed by atoms with van der Waals surface area (Å²) in [7, 11) is -3.24. The van der Waals surface area contributed by atoms with Gasteiger partial charge in [0.15, 0.2) is 9.84 Å². The molecule has 0 aromatic heterocycles. The van der Waals surface area contributed by atoms with Crippen LogP contribution >= 0.6 is 11.6 Å². The van der Waals surface area contributed by atoms with E-state index >= 15 is 0 Å². The summed E-state index contributed by atoms with van der Waals surface area (Å²) in [6, 6.07) is 6.53. The van der Waals surface area contributed by atoms with Crippen LogP contribution in [0.3, 0.4) is 0 Å². The van der Waals surface area contributed by atoms with E-state index < -0.39 is 21.2 Å². The third kappa shape index (κ3) is 2.97. The topological polar surface area (TPSA) is 54.4 Å². The number of rotatable bonds is 4. The fourth-order valence-electron chi connectivity index (χ4n) is 1.39. The zero-order chi connectivity index (χ0) is 12.3. The predicted molar refractivity (Wildman–Crippen MR) is 65.3 cm³/mol. The molecule has 0 unspecified atom stereocenters. The van der Waals surface area contributed by atoms with Crippen LogP contribution < -0.4 is 0 Å². The third-order valence-electron chi connectivity index (χ3n) is 2.62. The summed E-state index contributed by atoms with van der Waals surface area (Å²) < 4.78 is 23.2. The maximum atomic E-state index is 11.6. The van der Waals surface area contributed by atoms with E-state index in [1.807, 2.05) is 0 Å². The van der Waals surface area contributed by atoms with E-state index in [0.717, 1.165) is 0 Å². The summed E-state index contributed by atoms with van der Waals surface area (Å²) in [5.41, 5.74) is 0.564. The van der Waals surface area contributed by atoms with E-state index in [1.165, 1.54) is 6.92 Å². The first-order valence-electron chi connectivity index (χ1n) is 5.03. The van der Waals surface area contributed by atoms with Crippen LogP contribution in [-0.2, 0) is 9.84 Å². The molecule has 0 heterocycles. The van der Waals surface area contributed by atoms with Gasteiger partial charge in [-0.1, -0.05) is 30.7 Å². The molecule has 0 aliphatic carbocycles. The molecule has 0 bridgehead atoms. The highest BCUT2D eigenvalue weighted by Crippen LogP contribution is 2.23. The molecule has 3 nitrogen and oxygen atoms in total. The van der Waals surface area contributed by atoms with Crippen molar-refractivity contribution in [2.45, 2.75) is 25.2 Å². The highest BCUT2D eigenvalue weighted by Gasteiger charge is 2.27. The van der Waals surface area contributed by atoms with Gasteiger partial charge in [0.25, 0.3) is 0 Å². The van der Waals surface area contributed by atoms with Crippen molar-refractivity contribution in [3.63, 3.8) is 0 Å². The fourth-order valence-corrected chi connectivity index (χ4v) is 2.59. The van der Waals surface area contributed by atoms with Crippen molar-refractivity contribution in [1.82, 2.24) is 0 Å². The largest absolute Gasteiger partial charge is 0.387 e. The van der Waals surface area contributed by atoms with Crippen molar-refractivity contribution in [1.29, 1.82) is 0 Å². The van der Waals surface area contributed by atoms with Crippen molar-refractivity contribution >= 4 is 21.4 Å². The molecule has 0 saturated carbocycles. The Morgan fingerprint density at radius 2 is 1.81 bits per heavy atom. The number of aliphatic hydroxyl groups is 1. The van der Waals surface area contributed by atoms with Gasteiger partial charge >= 0.3 is 0 Å². The molecule has 1 N–H and O–H groups in total. The highest BCUT2D eigenvalue weighted by atomic mass is 35.5. The van der Waals surface area contributed by atoms with Gasteiger partial charge in [-0.2, -0.15) is 0 Å². The number of halogens is 1. The monoisotopic (exact) mass is 262 g/mol. The van der Waals surface area contributed by atoms with Crippen LogP contribution in [0.25, 0.3) is 0 Å². The molecule has 0 saturated heterocycles. The van der Waals surface area contributed by atoms with E-state index in [2.05, 4.69) is 0 Å². The molecule has 0 spiro atoms. The smallest absolute Gasteiger partial charge is 0.155 e. The maximum Gasteiger partial charge on any atom is 0.155 e. The average Bonchev–Trinajstić information content (AvgIpc) is 2.28. The second-order valence-electron chi connectivity index (χ2n) is 3.65. The molecule has 2 atom stereocenters. The Kier molecular flexibility index (Phi) is 4.35. The standard InChI is InChI=1S/C11H15ClO3S/c1-3-16(14,15)8(2)11(13)9-4-6-10(12)7-5-9/h4-8,11,13H,3H2,1-2H3/t8-,11+/m0/s1. The Bertz CT molecular complexity index is 439. The van der Waals surface area contributed by atoms with Crippen LogP contribution in [0.2, 0.25) is 5.02 Å². The normalized spacial score (nSPS) is 15.8. The Labute approximate surface area is 101 Å². The predicted octanol–water partition coefficient (Wildman–Crippen LogP) is 2.20. The summed E-state index contributed by atoms with van der Waals surface area (Å²) in [5.74, 6) is 0.0266. The molecule has 90 valence electrons. The summed E-state index contributed by atoms with van der Waals surface area (Å²) >= 11 is 5.71. The van der Waals surface area contributed by atoms with E-state index in [4.69, 9.17) is 11.6 Å². The quantitative estimate of drug-likeness (QED) is 0.905. The zero-order valence-corrected chi connectivity index (χ0v) is 10.8. The molecular formula is C11H15ClO3S. The van der Waals surface area contributed by atoms with Crippen molar-refractivity contribution < 1.29 is 13.5 Å². The molecule has 1 rings (SSSR count). The minimum absolute atomic E-state index is 0.0266. The van der Waals surface area contributed by atoms with Crippen LogP contribution in [0, 0.1) is 0 Å². The highest BCUT2D eigenvalue weighted by molar-refractivity contribution is 7.92. The lowest BCUT2D eigenvalue weighted by molar-refractivity contribution is 0.176. The second kappa shape index (κ2) is 5.17. The SMILES string of the molecule is CCS(=O)(=O)[C@@H](C)[C@@H](O)c1ccc(Cl)cc1. The van der Waals surface area contributed by atoms with Crippen molar-refractivity contribution in [3.05, 3.63) is 34.9 Å². The molecule has 0 aliphatic rings. The number of aliphatic hydroxyl groups excluding tert-OH is 1. The van der Waals surface area contributed by atoms with Crippen LogP contribution in [-0.4, -0.2) is 24.5 Å². The Hall–Kier alpha value is -0.580. The summed E-state index contributed by atoms with van der Waals surface area (Å²) in [4.78, 5) is 0. The van der Waals surface area contributed by atoms with Gasteiger partial charge in [0.1, 0.15) is 0 Å². The lowest BCUT2D eigenvalue weighted by Crippen LogP contribution is -2.26. The minimum atomic E-state index is -3.24. The second-order valence-corrected chi connectivity index (χ2v) is 6.74. The van der Waals surface area contributed by atoms with Gasteiger partial charge in [-0.25, -0.2) is 8.42 Å². The van der Waals surface area contributed by atoms with Gasteiger partial charge < -0.3 is 5.11 Å². The lowest BCUT2D eigenvalue weighted by atomic mass is 10.1. The first kappa shape index (κ1) is 13.5. The molecule has 0 radical (unpaired) electrons. The summed E-state index contributed by atoms with van der Waals surface area (Å²) in [6.45, 7) is 3.08. The molecule has 0 aliphatic heterocycles. The zero-order valence-electron chi connectivity index (χ0n) is 9.22. The maximum absolute atomic E-state index is 11.6. The Morgan fingerprint density at radius 1 is 1.31 bits per heavy atom. The Balaban J connectivity index is 2.94. The van der Waals surface area contributed by atoms with Gasteiger partial charge in [-0.05, 0) is 24.6 Å². The fraction of sp³-hybridized carbons (Fsp3) is 0.455. The van der Waals surface area contributed by atoms with Gasteiger partial charge in [-0.15, -0.1) is 0 Å². The number of hydrogen-bond donors (Lipinski definition) is 1. The van der Waals surface area contributed by atoms with Gasteiger partial charge in [0, 0.05) is 10.8 Å². The minimum Gasteiger partial charge on any atom is -0.387 e. The Morgan fingerprint density at radius 3 is 2.25 bits per heavy atom. The lowest BCUT2D eigenvalue weighted by Gasteiger charge is -2.18. The van der Waals surface area contributed by atoms with Crippen molar-refractivity contribution in [3.8, 4) is 0 Å². The first-order valence-corrected chi connectivity index (χ1v) is 7.13. The van der Waals surface area contributed by atoms with E-state index in [9.17, 15) is 13.5 Å². The van der Waals surface area contributed by atoms with Crippen LogP contribution in [0.15, 0.2) is 24.3 Å². The van der Waals surface area contributed by atoms with Crippen LogP contribution in [0.5, 0.6) is 0 Å². The molecule has 0 amide bonds. The molecule has 16 heavy (non-hydrogen) atoms. The van der Waals surface area contributed by atoms with Crippen molar-refractivity contribution in [2.75, 3.05) is 5.75 Å². The molecule has 1 aromatic carbocycles. The van der Waals surface area contributed by atoms with E-state index in [1.54, 1.807) is 31.2 Å². The first-order chi connectivity index (χ1) is 7.38. The van der Waals surface area contributed by atoms with Crippen LogP contribution in [0.4, 0.5) is 0 Å². The number of benzene rings is 1. The van der Waals surface area contributed by atoms with Gasteiger partial charge in [0.05, 0.1) is 11.4 Å². The van der Waals surface area contributed by atoms with Gasteiger partial charge in [-0.3, -0.25) is 0 Å². The molecular weight excluding hydrogens is 248 g/mol. The van der Waals surface area contributed by atoms with Crippen LogP contribution in [0.1, 0.15) is 25.5 Å². The van der Waals surface area contributed by atoms with Crippen molar-refractivity contribution in [2.24, 2.45) is 0 Å². The number of hydrogen-bond acceptors (Lipinski definition) is 3. The molecule has 1 aromatic rings. The third-order valence-corrected chi connectivity index (χ3v) is 5.07. The van der Waals surface area contributed by atoms with Gasteiger partial charge in [0.2, 0.25) is 0 Å². The number of sulfone groups is 1. The summed E-state index contributed by atoms with van der Waals surface area (Å²) in [6.07, 6.45) is -1.01. The summed E-state index contributed by atoms with van der Waals surface area (Å²) in [5, 5.41) is 9.67. The van der Waals surface area contributed by atoms with E-state index in [-0.39, 0.29) is 5.75 Å².